The third kappa shape index (κ3) is 3.61. The van der Waals surface area contributed by atoms with Crippen LogP contribution in [0.1, 0.15) is 29.8 Å². The molecule has 1 saturated carbocycles. The van der Waals surface area contributed by atoms with Gasteiger partial charge in [-0.25, -0.2) is 5.01 Å². The molecule has 2 heterocycles. The lowest BCUT2D eigenvalue weighted by molar-refractivity contribution is -0.187. The summed E-state index contributed by atoms with van der Waals surface area (Å²) in [6.45, 7) is 0.570. The van der Waals surface area contributed by atoms with Crippen LogP contribution in [-0.4, -0.2) is 47.3 Å². The van der Waals surface area contributed by atoms with Crippen LogP contribution in [0, 0.1) is 5.92 Å². The van der Waals surface area contributed by atoms with Gasteiger partial charge in [-0.2, -0.15) is 0 Å². The molecule has 0 spiro atoms. The number of hydrogen-bond donors (Lipinski definition) is 2. The van der Waals surface area contributed by atoms with Crippen molar-refractivity contribution in [3.05, 3.63) is 42.2 Å². The molecule has 1 aliphatic carbocycles. The van der Waals surface area contributed by atoms with E-state index in [1.54, 1.807) is 6.07 Å². The predicted octanol–water partition coefficient (Wildman–Crippen LogP) is 1.09. The standard InChI is InChI=1S/C19H20N4O5/c24-11-20-23(17-6-7-27-17)19(26)13-8-14(9-13)21-18(25)16-10-15(22-28-16)12-4-2-1-3-5-12/h1-5,10-11,13-14,17H,6-9H2,(H,20,24)(H,21,25). The van der Waals surface area contributed by atoms with Gasteiger partial charge in [-0.15, -0.1) is 0 Å². The van der Waals surface area contributed by atoms with E-state index in [1.807, 2.05) is 30.3 Å². The highest BCUT2D eigenvalue weighted by Gasteiger charge is 2.41. The second-order valence-electron chi connectivity index (χ2n) is 6.85. The molecule has 1 aromatic carbocycles. The summed E-state index contributed by atoms with van der Waals surface area (Å²) in [5.41, 5.74) is 3.85. The number of nitrogens with one attached hydrogen (secondary N) is 2. The lowest BCUT2D eigenvalue weighted by Crippen LogP contribution is -2.59. The van der Waals surface area contributed by atoms with Crippen LogP contribution in [0.2, 0.25) is 0 Å². The van der Waals surface area contributed by atoms with E-state index in [4.69, 9.17) is 9.26 Å². The fraction of sp³-hybridized carbons (Fsp3) is 0.368. The van der Waals surface area contributed by atoms with Gasteiger partial charge in [-0.05, 0) is 12.8 Å². The molecular formula is C19H20N4O5. The lowest BCUT2D eigenvalue weighted by Gasteiger charge is -2.41. The van der Waals surface area contributed by atoms with Crippen molar-refractivity contribution in [3.8, 4) is 11.3 Å². The Morgan fingerprint density at radius 3 is 2.61 bits per heavy atom. The Labute approximate surface area is 161 Å². The zero-order valence-corrected chi connectivity index (χ0v) is 15.0. The smallest absolute Gasteiger partial charge is 0.290 e. The van der Waals surface area contributed by atoms with Gasteiger partial charge in [0.05, 0.1) is 6.61 Å². The van der Waals surface area contributed by atoms with Gasteiger partial charge < -0.3 is 14.6 Å². The van der Waals surface area contributed by atoms with Crippen LogP contribution in [0.5, 0.6) is 0 Å². The Hall–Kier alpha value is -3.20. The van der Waals surface area contributed by atoms with Crippen LogP contribution < -0.4 is 10.7 Å². The van der Waals surface area contributed by atoms with Crippen LogP contribution >= 0.6 is 0 Å². The number of amides is 3. The first-order valence-electron chi connectivity index (χ1n) is 9.13. The van der Waals surface area contributed by atoms with Gasteiger partial charge in [0.2, 0.25) is 18.1 Å². The van der Waals surface area contributed by atoms with E-state index in [-0.39, 0.29) is 29.5 Å². The Bertz CT molecular complexity index is 858. The van der Waals surface area contributed by atoms with Crippen LogP contribution in [0.4, 0.5) is 0 Å². The minimum absolute atomic E-state index is 0.126. The van der Waals surface area contributed by atoms with Gasteiger partial charge in [-0.3, -0.25) is 19.8 Å². The number of benzene rings is 1. The maximum Gasteiger partial charge on any atom is 0.290 e. The molecule has 9 heteroatoms. The van der Waals surface area contributed by atoms with E-state index in [1.165, 1.54) is 5.01 Å². The van der Waals surface area contributed by atoms with Gasteiger partial charge >= 0.3 is 0 Å². The van der Waals surface area contributed by atoms with Gasteiger partial charge in [0.1, 0.15) is 5.69 Å². The number of aromatic nitrogens is 1. The van der Waals surface area contributed by atoms with Crippen molar-refractivity contribution in [1.29, 1.82) is 0 Å². The SMILES string of the molecule is O=CNN(C(=O)C1CC(NC(=O)c2cc(-c3ccccc3)no2)C1)C1CCO1. The number of ether oxygens (including phenoxy) is 1. The Kier molecular flexibility index (Phi) is 5.07. The molecule has 1 saturated heterocycles. The molecule has 1 atom stereocenters. The van der Waals surface area contributed by atoms with Crippen LogP contribution in [0.25, 0.3) is 11.3 Å². The van der Waals surface area contributed by atoms with E-state index in [0.717, 1.165) is 5.56 Å². The average molecular weight is 384 g/mol. The molecule has 0 bridgehead atoms. The highest BCUT2D eigenvalue weighted by molar-refractivity contribution is 5.93. The molecule has 28 heavy (non-hydrogen) atoms. The molecule has 2 aromatic rings. The van der Waals surface area contributed by atoms with Crippen molar-refractivity contribution in [2.45, 2.75) is 31.5 Å². The number of nitrogens with zero attached hydrogens (tertiary/aromatic N) is 2. The van der Waals surface area contributed by atoms with E-state index in [0.29, 0.717) is 38.0 Å². The summed E-state index contributed by atoms with van der Waals surface area (Å²) in [4.78, 5) is 35.6. The molecule has 2 fully saturated rings. The van der Waals surface area contributed by atoms with Crippen molar-refractivity contribution in [1.82, 2.24) is 20.9 Å². The van der Waals surface area contributed by atoms with Crippen molar-refractivity contribution in [3.63, 3.8) is 0 Å². The quantitative estimate of drug-likeness (QED) is 0.546. The first-order valence-corrected chi connectivity index (χ1v) is 9.13. The molecule has 1 aliphatic heterocycles. The highest BCUT2D eigenvalue weighted by atomic mass is 16.5. The normalized spacial score (nSPS) is 23.1. The number of carbonyl (C=O) groups is 3. The van der Waals surface area contributed by atoms with E-state index in [2.05, 4.69) is 15.9 Å². The Balaban J connectivity index is 1.29. The first kappa shape index (κ1) is 18.2. The summed E-state index contributed by atoms with van der Waals surface area (Å²) >= 11 is 0. The average Bonchev–Trinajstić information content (AvgIpc) is 3.13. The minimum atomic E-state index is -0.406. The zero-order chi connectivity index (χ0) is 19.5. The summed E-state index contributed by atoms with van der Waals surface area (Å²) in [5, 5.41) is 8.01. The molecule has 0 radical (unpaired) electrons. The summed E-state index contributed by atoms with van der Waals surface area (Å²) in [6.07, 6.45) is 1.74. The van der Waals surface area contributed by atoms with Crippen LogP contribution in [0.3, 0.4) is 0 Å². The summed E-state index contributed by atoms with van der Waals surface area (Å²) < 4.78 is 10.4. The molecular weight excluding hydrogens is 364 g/mol. The molecule has 146 valence electrons. The van der Waals surface area contributed by atoms with Gasteiger partial charge in [0.25, 0.3) is 5.91 Å². The van der Waals surface area contributed by atoms with Crippen molar-refractivity contribution >= 4 is 18.2 Å². The van der Waals surface area contributed by atoms with Crippen LogP contribution in [-0.2, 0) is 14.3 Å². The van der Waals surface area contributed by atoms with Crippen LogP contribution in [0.15, 0.2) is 40.9 Å². The van der Waals surface area contributed by atoms with E-state index < -0.39 is 6.23 Å². The third-order valence-corrected chi connectivity index (χ3v) is 5.02. The molecule has 1 aromatic heterocycles. The summed E-state index contributed by atoms with van der Waals surface area (Å²) in [7, 11) is 0. The van der Waals surface area contributed by atoms with Crippen molar-refractivity contribution in [2.24, 2.45) is 5.92 Å². The number of hydrogen-bond acceptors (Lipinski definition) is 6. The highest BCUT2D eigenvalue weighted by Crippen LogP contribution is 2.31. The maximum atomic E-state index is 12.5. The summed E-state index contributed by atoms with van der Waals surface area (Å²) in [6, 6.07) is 10.9. The fourth-order valence-corrected chi connectivity index (χ4v) is 3.29. The molecule has 1 unspecified atom stereocenters. The van der Waals surface area contributed by atoms with Gasteiger partial charge in [0, 0.05) is 30.0 Å². The van der Waals surface area contributed by atoms with Crippen molar-refractivity contribution in [2.75, 3.05) is 6.61 Å². The third-order valence-electron chi connectivity index (χ3n) is 5.02. The Morgan fingerprint density at radius 2 is 1.96 bits per heavy atom. The molecule has 3 amide bonds. The van der Waals surface area contributed by atoms with Gasteiger partial charge in [-0.1, -0.05) is 35.5 Å². The second-order valence-corrected chi connectivity index (χ2v) is 6.85. The Morgan fingerprint density at radius 1 is 1.21 bits per heavy atom. The fourth-order valence-electron chi connectivity index (χ4n) is 3.29. The first-order chi connectivity index (χ1) is 13.7. The van der Waals surface area contributed by atoms with E-state index >= 15 is 0 Å². The molecule has 9 nitrogen and oxygen atoms in total. The topological polar surface area (TPSA) is 114 Å². The second kappa shape index (κ2) is 7.81. The largest absolute Gasteiger partial charge is 0.356 e. The monoisotopic (exact) mass is 384 g/mol. The zero-order valence-electron chi connectivity index (χ0n) is 15.0. The maximum absolute atomic E-state index is 12.5. The summed E-state index contributed by atoms with van der Waals surface area (Å²) in [5.74, 6) is -0.707. The van der Waals surface area contributed by atoms with Gasteiger partial charge in [0.15, 0.2) is 6.23 Å². The number of rotatable bonds is 7. The number of carbonyl (C=O) groups excluding carboxylic acids is 3. The lowest BCUT2D eigenvalue weighted by atomic mass is 9.79. The number of hydrazine groups is 1. The molecule has 2 N–H and O–H groups in total. The molecule has 2 aliphatic rings. The van der Waals surface area contributed by atoms with Crippen molar-refractivity contribution < 1.29 is 23.6 Å². The minimum Gasteiger partial charge on any atom is -0.356 e. The molecule has 4 rings (SSSR count). The van der Waals surface area contributed by atoms with E-state index in [9.17, 15) is 14.4 Å². The predicted molar refractivity (Wildman–Crippen MR) is 96.3 cm³/mol.